The predicted octanol–water partition coefficient (Wildman–Crippen LogP) is 5.46. The number of anilines is 1. The average Bonchev–Trinajstić information content (AvgIpc) is 2.48. The number of hydrogen-bond acceptors (Lipinski definition) is 2. The molecule has 4 heteroatoms. The van der Waals surface area contributed by atoms with Gasteiger partial charge in [-0.3, -0.25) is 4.98 Å². The van der Waals surface area contributed by atoms with Crippen LogP contribution in [0.1, 0.15) is 37.4 Å². The highest BCUT2D eigenvalue weighted by Crippen LogP contribution is 2.39. The number of hydrogen-bond donors (Lipinski definition) is 1. The molecule has 1 aromatic carbocycles. The highest BCUT2D eigenvalue weighted by atomic mass is 79.9. The Morgan fingerprint density at radius 2 is 1.90 bits per heavy atom. The molecular weight excluding hydrogens is 380 g/mol. The minimum Gasteiger partial charge on any atom is -0.384 e. The van der Waals surface area contributed by atoms with Crippen LogP contribution in [0.2, 0.25) is 0 Å². The molecular formula is C16H18Br2N2. The molecule has 3 rings (SSSR count). The highest BCUT2D eigenvalue weighted by molar-refractivity contribution is 9.11. The van der Waals surface area contributed by atoms with Gasteiger partial charge in [-0.05, 0) is 65.7 Å². The zero-order valence-corrected chi connectivity index (χ0v) is 14.8. The van der Waals surface area contributed by atoms with E-state index < -0.39 is 0 Å². The van der Waals surface area contributed by atoms with Crippen molar-refractivity contribution >= 4 is 48.5 Å². The lowest BCUT2D eigenvalue weighted by molar-refractivity contribution is 0.671. The molecule has 0 saturated carbocycles. The monoisotopic (exact) mass is 396 g/mol. The van der Waals surface area contributed by atoms with Gasteiger partial charge in [0.15, 0.2) is 0 Å². The standard InChI is InChI=1S/C16H18Br2N2/c1-2-9-19-15-10-5-3-4-6-13(10)20-16-12(18)8-7-11(17)14(15)16/h7-8H,2-6,9H2,1H3,(H,19,20). The predicted molar refractivity (Wildman–Crippen MR) is 92.6 cm³/mol. The molecule has 0 amide bonds. The van der Waals surface area contributed by atoms with E-state index in [-0.39, 0.29) is 0 Å². The van der Waals surface area contributed by atoms with Crippen LogP contribution in [0.25, 0.3) is 10.9 Å². The van der Waals surface area contributed by atoms with Gasteiger partial charge in [0.2, 0.25) is 0 Å². The van der Waals surface area contributed by atoms with E-state index in [0.717, 1.165) is 40.3 Å². The second-order valence-corrected chi connectivity index (χ2v) is 7.01. The van der Waals surface area contributed by atoms with Crippen LogP contribution in [0.3, 0.4) is 0 Å². The zero-order chi connectivity index (χ0) is 14.1. The molecule has 0 atom stereocenters. The van der Waals surface area contributed by atoms with E-state index in [1.165, 1.54) is 35.2 Å². The maximum atomic E-state index is 4.93. The van der Waals surface area contributed by atoms with Gasteiger partial charge in [-0.1, -0.05) is 22.9 Å². The van der Waals surface area contributed by atoms with Gasteiger partial charge in [0.05, 0.1) is 5.52 Å². The van der Waals surface area contributed by atoms with Crippen molar-refractivity contribution < 1.29 is 0 Å². The van der Waals surface area contributed by atoms with Crippen LogP contribution in [0, 0.1) is 0 Å². The third-order valence-electron chi connectivity index (χ3n) is 3.87. The molecule has 2 nitrogen and oxygen atoms in total. The van der Waals surface area contributed by atoms with Crippen molar-refractivity contribution in [2.75, 3.05) is 11.9 Å². The molecule has 1 aliphatic rings. The van der Waals surface area contributed by atoms with Gasteiger partial charge >= 0.3 is 0 Å². The van der Waals surface area contributed by atoms with Gasteiger partial charge in [-0.15, -0.1) is 0 Å². The number of benzene rings is 1. The van der Waals surface area contributed by atoms with E-state index >= 15 is 0 Å². The van der Waals surface area contributed by atoms with E-state index in [9.17, 15) is 0 Å². The van der Waals surface area contributed by atoms with Gasteiger partial charge < -0.3 is 5.32 Å². The maximum absolute atomic E-state index is 4.93. The number of aryl methyl sites for hydroxylation is 1. The number of rotatable bonds is 3. The zero-order valence-electron chi connectivity index (χ0n) is 11.6. The van der Waals surface area contributed by atoms with Crippen molar-refractivity contribution in [3.05, 3.63) is 32.3 Å². The fourth-order valence-corrected chi connectivity index (χ4v) is 3.84. The Balaban J connectivity index is 2.30. The Kier molecular flexibility index (Phi) is 4.32. The minimum atomic E-state index is 1.00. The summed E-state index contributed by atoms with van der Waals surface area (Å²) in [6.07, 6.45) is 5.90. The van der Waals surface area contributed by atoms with Gasteiger partial charge in [-0.25, -0.2) is 0 Å². The van der Waals surface area contributed by atoms with Crippen LogP contribution in [0.15, 0.2) is 21.1 Å². The summed E-state index contributed by atoms with van der Waals surface area (Å²) in [5.41, 5.74) is 5.07. The van der Waals surface area contributed by atoms with Crippen molar-refractivity contribution in [3.8, 4) is 0 Å². The maximum Gasteiger partial charge on any atom is 0.0879 e. The van der Waals surface area contributed by atoms with Crippen molar-refractivity contribution in [1.29, 1.82) is 0 Å². The van der Waals surface area contributed by atoms with Gasteiger partial charge in [0.25, 0.3) is 0 Å². The Morgan fingerprint density at radius 1 is 1.15 bits per heavy atom. The van der Waals surface area contributed by atoms with Gasteiger partial charge in [0, 0.05) is 32.3 Å². The second-order valence-electron chi connectivity index (χ2n) is 5.30. The molecule has 1 aromatic heterocycles. The van der Waals surface area contributed by atoms with Crippen molar-refractivity contribution in [1.82, 2.24) is 4.98 Å². The average molecular weight is 398 g/mol. The van der Waals surface area contributed by atoms with Crippen molar-refractivity contribution in [2.45, 2.75) is 39.0 Å². The molecule has 20 heavy (non-hydrogen) atoms. The lowest BCUT2D eigenvalue weighted by Crippen LogP contribution is -2.12. The first kappa shape index (κ1) is 14.3. The molecule has 0 saturated heterocycles. The normalized spacial score (nSPS) is 14.3. The summed E-state index contributed by atoms with van der Waals surface area (Å²) < 4.78 is 2.19. The largest absolute Gasteiger partial charge is 0.384 e. The molecule has 0 bridgehead atoms. The highest BCUT2D eigenvalue weighted by Gasteiger charge is 2.20. The number of halogens is 2. The summed E-state index contributed by atoms with van der Waals surface area (Å²) in [4.78, 5) is 4.93. The molecule has 1 N–H and O–H groups in total. The van der Waals surface area contributed by atoms with E-state index in [4.69, 9.17) is 4.98 Å². The molecule has 1 aliphatic carbocycles. The summed E-state index contributed by atoms with van der Waals surface area (Å²) in [6, 6.07) is 4.17. The fourth-order valence-electron chi connectivity index (χ4n) is 2.90. The lowest BCUT2D eigenvalue weighted by Gasteiger charge is -2.22. The van der Waals surface area contributed by atoms with E-state index in [0.29, 0.717) is 0 Å². The summed E-state index contributed by atoms with van der Waals surface area (Å²) in [5, 5.41) is 4.86. The minimum absolute atomic E-state index is 1.00. The first-order valence-electron chi connectivity index (χ1n) is 7.25. The summed E-state index contributed by atoms with van der Waals surface area (Å²) in [5.74, 6) is 0. The molecule has 106 valence electrons. The molecule has 1 heterocycles. The van der Waals surface area contributed by atoms with Crippen LogP contribution in [-0.2, 0) is 12.8 Å². The second kappa shape index (κ2) is 6.02. The Labute approximate surface area is 136 Å². The lowest BCUT2D eigenvalue weighted by atomic mass is 9.92. The summed E-state index contributed by atoms with van der Waals surface area (Å²) in [7, 11) is 0. The number of nitrogens with zero attached hydrogens (tertiary/aromatic N) is 1. The summed E-state index contributed by atoms with van der Waals surface area (Å²) >= 11 is 7.35. The molecule has 0 unspecified atom stereocenters. The van der Waals surface area contributed by atoms with Crippen LogP contribution in [0.4, 0.5) is 5.69 Å². The van der Waals surface area contributed by atoms with Crippen LogP contribution < -0.4 is 5.32 Å². The van der Waals surface area contributed by atoms with Gasteiger partial charge in [0.1, 0.15) is 0 Å². The number of nitrogens with one attached hydrogen (secondary N) is 1. The quantitative estimate of drug-likeness (QED) is 0.743. The number of pyridine rings is 1. The van der Waals surface area contributed by atoms with Crippen molar-refractivity contribution in [2.24, 2.45) is 0 Å². The van der Waals surface area contributed by atoms with Crippen LogP contribution in [-0.4, -0.2) is 11.5 Å². The van der Waals surface area contributed by atoms with Crippen molar-refractivity contribution in [3.63, 3.8) is 0 Å². The Hall–Kier alpha value is -0.610. The smallest absolute Gasteiger partial charge is 0.0879 e. The summed E-state index contributed by atoms with van der Waals surface area (Å²) in [6.45, 7) is 3.21. The van der Waals surface area contributed by atoms with E-state index in [1.807, 2.05) is 0 Å². The number of aromatic nitrogens is 1. The molecule has 0 radical (unpaired) electrons. The van der Waals surface area contributed by atoms with E-state index in [2.05, 4.69) is 56.2 Å². The first-order chi connectivity index (χ1) is 9.72. The first-order valence-corrected chi connectivity index (χ1v) is 8.84. The fraction of sp³-hybridized carbons (Fsp3) is 0.438. The number of fused-ring (bicyclic) bond motifs is 2. The van der Waals surface area contributed by atoms with Gasteiger partial charge in [-0.2, -0.15) is 0 Å². The van der Waals surface area contributed by atoms with Crippen LogP contribution in [0.5, 0.6) is 0 Å². The molecule has 0 spiro atoms. The SMILES string of the molecule is CCCNc1c2c(nc3c(Br)ccc(Br)c13)CCCC2. The van der Waals surface area contributed by atoms with Crippen LogP contribution >= 0.6 is 31.9 Å². The Bertz CT molecular complexity index is 653. The topological polar surface area (TPSA) is 24.9 Å². The molecule has 0 aliphatic heterocycles. The van der Waals surface area contributed by atoms with E-state index in [1.54, 1.807) is 0 Å². The third-order valence-corrected chi connectivity index (χ3v) is 5.17. The molecule has 2 aromatic rings. The molecule has 0 fully saturated rings. The Morgan fingerprint density at radius 3 is 2.70 bits per heavy atom. The third kappa shape index (κ3) is 2.48.